The number of hydrogen-bond acceptors (Lipinski definition) is 3. The van der Waals surface area contributed by atoms with Crippen LogP contribution in [0.1, 0.15) is 44.1 Å². The van der Waals surface area contributed by atoms with E-state index in [4.69, 9.17) is 10.5 Å². The first kappa shape index (κ1) is 15.0. The van der Waals surface area contributed by atoms with Crippen LogP contribution in [0.2, 0.25) is 0 Å². The van der Waals surface area contributed by atoms with Crippen LogP contribution in [-0.2, 0) is 16.0 Å². The zero-order valence-electron chi connectivity index (χ0n) is 12.1. The monoisotopic (exact) mass is 275 g/mol. The van der Waals surface area contributed by atoms with Gasteiger partial charge in [0.2, 0.25) is 0 Å². The number of benzene rings is 1. The van der Waals surface area contributed by atoms with Gasteiger partial charge in [-0.05, 0) is 18.4 Å². The van der Waals surface area contributed by atoms with Crippen LogP contribution in [0, 0.1) is 5.41 Å². The smallest absolute Gasteiger partial charge is 0.313 e. The van der Waals surface area contributed by atoms with Crippen molar-refractivity contribution in [2.45, 2.75) is 44.9 Å². The number of carbonyl (C=O) groups excluding carboxylic acids is 1. The molecule has 0 heterocycles. The average molecular weight is 275 g/mol. The minimum Gasteiger partial charge on any atom is -0.465 e. The van der Waals surface area contributed by atoms with E-state index in [-0.39, 0.29) is 5.97 Å². The van der Waals surface area contributed by atoms with Crippen LogP contribution in [0.25, 0.3) is 0 Å². The van der Waals surface area contributed by atoms with E-state index in [0.717, 1.165) is 32.1 Å². The van der Waals surface area contributed by atoms with Gasteiger partial charge in [-0.3, -0.25) is 4.79 Å². The Morgan fingerprint density at radius 3 is 2.35 bits per heavy atom. The molecule has 0 atom stereocenters. The maximum Gasteiger partial charge on any atom is 0.313 e. The van der Waals surface area contributed by atoms with Crippen molar-refractivity contribution in [1.82, 2.24) is 0 Å². The van der Waals surface area contributed by atoms with E-state index < -0.39 is 5.41 Å². The highest BCUT2D eigenvalue weighted by Crippen LogP contribution is 2.35. The minimum atomic E-state index is -0.423. The largest absolute Gasteiger partial charge is 0.465 e. The van der Waals surface area contributed by atoms with E-state index in [0.29, 0.717) is 13.2 Å². The summed E-state index contributed by atoms with van der Waals surface area (Å²) >= 11 is 0. The molecular weight excluding hydrogens is 250 g/mol. The summed E-state index contributed by atoms with van der Waals surface area (Å²) in [6.45, 7) is 0.863. The summed E-state index contributed by atoms with van der Waals surface area (Å²) in [4.78, 5) is 12.4. The van der Waals surface area contributed by atoms with Gasteiger partial charge in [0.25, 0.3) is 0 Å². The van der Waals surface area contributed by atoms with Crippen LogP contribution in [0.5, 0.6) is 0 Å². The molecule has 1 fully saturated rings. The summed E-state index contributed by atoms with van der Waals surface area (Å²) < 4.78 is 5.52. The minimum absolute atomic E-state index is 0.0853. The molecule has 1 aromatic carbocycles. The lowest BCUT2D eigenvalue weighted by molar-refractivity contribution is -0.156. The zero-order chi connectivity index (χ0) is 14.3. The SMILES string of the molecule is NCC1(C(=O)OCCc2ccccc2)CCCCCC1. The predicted molar refractivity (Wildman–Crippen MR) is 80.3 cm³/mol. The molecule has 1 aliphatic rings. The quantitative estimate of drug-likeness (QED) is 0.663. The molecule has 0 radical (unpaired) electrons. The summed E-state index contributed by atoms with van der Waals surface area (Å²) in [6.07, 6.45) is 7.13. The Balaban J connectivity index is 1.86. The molecule has 0 unspecified atom stereocenters. The summed E-state index contributed by atoms with van der Waals surface area (Å²) in [7, 11) is 0. The van der Waals surface area contributed by atoms with E-state index in [1.54, 1.807) is 0 Å². The first-order valence-electron chi connectivity index (χ1n) is 7.68. The molecule has 1 saturated carbocycles. The molecule has 2 N–H and O–H groups in total. The third-order valence-corrected chi connectivity index (χ3v) is 4.35. The van der Waals surface area contributed by atoms with Crippen LogP contribution < -0.4 is 5.73 Å². The molecule has 0 bridgehead atoms. The molecule has 0 aromatic heterocycles. The van der Waals surface area contributed by atoms with E-state index in [9.17, 15) is 4.79 Å². The van der Waals surface area contributed by atoms with Gasteiger partial charge in [-0.1, -0.05) is 56.0 Å². The van der Waals surface area contributed by atoms with Crippen molar-refractivity contribution in [3.8, 4) is 0 Å². The fourth-order valence-electron chi connectivity index (χ4n) is 2.96. The number of hydrogen-bond donors (Lipinski definition) is 1. The summed E-state index contributed by atoms with van der Waals surface area (Å²) in [6, 6.07) is 10.1. The zero-order valence-corrected chi connectivity index (χ0v) is 12.1. The molecule has 0 saturated heterocycles. The molecule has 3 heteroatoms. The summed E-state index contributed by atoms with van der Waals surface area (Å²) in [5, 5.41) is 0. The standard InChI is InChI=1S/C17H25NO2/c18-14-17(11-6-1-2-7-12-17)16(19)20-13-10-15-8-4-3-5-9-15/h3-5,8-9H,1-2,6-7,10-14,18H2. The molecule has 110 valence electrons. The van der Waals surface area contributed by atoms with Gasteiger partial charge in [-0.15, -0.1) is 0 Å². The van der Waals surface area contributed by atoms with Gasteiger partial charge >= 0.3 is 5.97 Å². The highest BCUT2D eigenvalue weighted by molar-refractivity contribution is 5.77. The summed E-state index contributed by atoms with van der Waals surface area (Å²) in [5.74, 6) is -0.0853. The fraction of sp³-hybridized carbons (Fsp3) is 0.588. The van der Waals surface area contributed by atoms with Crippen LogP contribution >= 0.6 is 0 Å². The molecule has 2 rings (SSSR count). The maximum atomic E-state index is 12.4. The van der Waals surface area contributed by atoms with Gasteiger partial charge in [0.15, 0.2) is 0 Å². The number of esters is 1. The van der Waals surface area contributed by atoms with E-state index in [1.165, 1.54) is 18.4 Å². The Bertz CT molecular complexity index is 408. The summed E-state index contributed by atoms with van der Waals surface area (Å²) in [5.41, 5.74) is 6.66. The highest BCUT2D eigenvalue weighted by atomic mass is 16.5. The first-order valence-corrected chi connectivity index (χ1v) is 7.68. The van der Waals surface area contributed by atoms with Gasteiger partial charge in [0.1, 0.15) is 0 Å². The normalized spacial score (nSPS) is 18.2. The molecular formula is C17H25NO2. The van der Waals surface area contributed by atoms with Crippen LogP contribution in [0.4, 0.5) is 0 Å². The highest BCUT2D eigenvalue weighted by Gasteiger charge is 2.38. The molecule has 1 aromatic rings. The topological polar surface area (TPSA) is 52.3 Å². The second-order valence-electron chi connectivity index (χ2n) is 5.77. The van der Waals surface area contributed by atoms with Crippen LogP contribution in [-0.4, -0.2) is 19.1 Å². The lowest BCUT2D eigenvalue weighted by Crippen LogP contribution is -2.40. The second-order valence-corrected chi connectivity index (χ2v) is 5.77. The van der Waals surface area contributed by atoms with Crippen molar-refractivity contribution in [3.05, 3.63) is 35.9 Å². The van der Waals surface area contributed by atoms with Gasteiger partial charge in [0, 0.05) is 13.0 Å². The van der Waals surface area contributed by atoms with Crippen molar-refractivity contribution in [1.29, 1.82) is 0 Å². The van der Waals surface area contributed by atoms with Crippen molar-refractivity contribution in [2.75, 3.05) is 13.2 Å². The number of ether oxygens (including phenoxy) is 1. The molecule has 3 nitrogen and oxygen atoms in total. The van der Waals surface area contributed by atoms with E-state index >= 15 is 0 Å². The number of carbonyl (C=O) groups is 1. The lowest BCUT2D eigenvalue weighted by Gasteiger charge is -2.28. The Hall–Kier alpha value is -1.35. The van der Waals surface area contributed by atoms with Gasteiger partial charge in [0.05, 0.1) is 12.0 Å². The van der Waals surface area contributed by atoms with Crippen molar-refractivity contribution < 1.29 is 9.53 Å². The third-order valence-electron chi connectivity index (χ3n) is 4.35. The van der Waals surface area contributed by atoms with Crippen LogP contribution in [0.15, 0.2) is 30.3 Å². The third kappa shape index (κ3) is 3.83. The first-order chi connectivity index (χ1) is 9.77. The Labute approximate surface area is 121 Å². The Morgan fingerprint density at radius 2 is 1.75 bits per heavy atom. The molecule has 0 aliphatic heterocycles. The Kier molecular flexibility index (Phi) is 5.60. The lowest BCUT2D eigenvalue weighted by atomic mass is 9.80. The Morgan fingerprint density at radius 1 is 1.10 bits per heavy atom. The molecule has 20 heavy (non-hydrogen) atoms. The molecule has 0 amide bonds. The number of nitrogens with two attached hydrogens (primary N) is 1. The van der Waals surface area contributed by atoms with Crippen molar-refractivity contribution >= 4 is 5.97 Å². The van der Waals surface area contributed by atoms with Gasteiger partial charge < -0.3 is 10.5 Å². The average Bonchev–Trinajstić information content (AvgIpc) is 2.74. The van der Waals surface area contributed by atoms with E-state index in [1.807, 2.05) is 18.2 Å². The maximum absolute atomic E-state index is 12.4. The number of rotatable bonds is 5. The van der Waals surface area contributed by atoms with Gasteiger partial charge in [-0.25, -0.2) is 0 Å². The molecule has 1 aliphatic carbocycles. The van der Waals surface area contributed by atoms with Crippen molar-refractivity contribution in [2.24, 2.45) is 11.1 Å². The predicted octanol–water partition coefficient (Wildman–Crippen LogP) is 3.07. The van der Waals surface area contributed by atoms with E-state index in [2.05, 4.69) is 12.1 Å². The molecule has 0 spiro atoms. The second kappa shape index (κ2) is 7.44. The van der Waals surface area contributed by atoms with Gasteiger partial charge in [-0.2, -0.15) is 0 Å². The van der Waals surface area contributed by atoms with Crippen molar-refractivity contribution in [3.63, 3.8) is 0 Å². The van der Waals surface area contributed by atoms with Crippen LogP contribution in [0.3, 0.4) is 0 Å². The fourth-order valence-corrected chi connectivity index (χ4v) is 2.96.